The highest BCUT2D eigenvalue weighted by Gasteiger charge is 2.52. The number of alkyl halides is 1. The maximum Gasteiger partial charge on any atom is 0.410 e. The van der Waals surface area contributed by atoms with Crippen molar-refractivity contribution in [2.75, 3.05) is 51.7 Å². The van der Waals surface area contributed by atoms with E-state index in [0.29, 0.717) is 42.9 Å². The van der Waals surface area contributed by atoms with Crippen molar-refractivity contribution in [1.29, 1.82) is 0 Å². The molecule has 4 fully saturated rings. The molecule has 0 unspecified atom stereocenters. The minimum atomic E-state index is -0.960. The van der Waals surface area contributed by atoms with Crippen LogP contribution in [0.4, 0.5) is 23.8 Å². The standard InChI is InChI=1S/C39H43F3N6O6/c1-38(2,3)54-37(49)48-23-9-10-27(48)28-18-51-35-30-33(31(42)32(43-35)25-14-24(53-20-50-4)13-21-7-5-8-26(41)29(21)25)44-36(45-34(30)47(28)17-23)52-19-39-11-6-12-46(39)16-22(40)15-39/h5,7-8,13-14,22-23,27-28H,6,9-12,15-20H2,1-4H3/t22-,23+,27-,28-,39+/m1/s1. The van der Waals surface area contributed by atoms with Gasteiger partial charge in [-0.15, -0.1) is 0 Å². The van der Waals surface area contributed by atoms with Gasteiger partial charge in [0, 0.05) is 37.6 Å². The van der Waals surface area contributed by atoms with Crippen LogP contribution in [0.3, 0.4) is 0 Å². The number of methoxy groups -OCH3 is 1. The number of piperazine rings is 1. The lowest BCUT2D eigenvalue weighted by atomic mass is 9.95. The molecule has 0 N–H and O–H groups in total. The van der Waals surface area contributed by atoms with E-state index in [4.69, 9.17) is 33.7 Å². The van der Waals surface area contributed by atoms with Gasteiger partial charge in [-0.2, -0.15) is 9.97 Å². The van der Waals surface area contributed by atoms with Crippen LogP contribution in [0.1, 0.15) is 52.9 Å². The number of anilines is 1. The van der Waals surface area contributed by atoms with Crippen LogP contribution >= 0.6 is 0 Å². The van der Waals surface area contributed by atoms with Crippen molar-refractivity contribution in [2.45, 2.75) is 88.3 Å². The fourth-order valence-corrected chi connectivity index (χ4v) is 9.31. The average Bonchev–Trinajstić information content (AvgIpc) is 3.73. The molecule has 5 aliphatic heterocycles. The van der Waals surface area contributed by atoms with Crippen molar-refractivity contribution in [2.24, 2.45) is 0 Å². The number of halogens is 3. The Kier molecular flexibility index (Phi) is 8.45. The van der Waals surface area contributed by atoms with Crippen LogP contribution in [0.2, 0.25) is 0 Å². The molecule has 12 nitrogen and oxygen atoms in total. The van der Waals surface area contributed by atoms with Crippen molar-refractivity contribution in [3.05, 3.63) is 42.0 Å². The molecule has 0 spiro atoms. The number of nitrogens with zero attached hydrogens (tertiary/aromatic N) is 6. The number of hydrogen-bond acceptors (Lipinski definition) is 11. The fraction of sp³-hybridized carbons (Fsp3) is 0.538. The highest BCUT2D eigenvalue weighted by molar-refractivity contribution is 6.02. The van der Waals surface area contributed by atoms with E-state index >= 15 is 8.78 Å². The molecule has 1 amide bonds. The molecule has 0 radical (unpaired) electrons. The second-order valence-electron chi connectivity index (χ2n) is 16.1. The van der Waals surface area contributed by atoms with E-state index in [0.717, 1.165) is 25.8 Å². The SMILES string of the molecule is COCOc1cc(-c2nc3c4c(nc(OC[C@@]56CCCN5C[C@H](F)C6)nc4c2F)N2C[C@@H]4CC[C@H]([C@H]2CO3)N4C(=O)OC(C)(C)C)c2c(F)cccc2c1. The maximum absolute atomic E-state index is 17.4. The summed E-state index contributed by atoms with van der Waals surface area (Å²) in [5.41, 5.74) is -1.35. The third-order valence-electron chi connectivity index (χ3n) is 11.5. The lowest BCUT2D eigenvalue weighted by molar-refractivity contribution is 0.00537. The first-order chi connectivity index (χ1) is 25.9. The van der Waals surface area contributed by atoms with Crippen LogP contribution in [0.15, 0.2) is 30.3 Å². The van der Waals surface area contributed by atoms with E-state index in [-0.39, 0.29) is 71.5 Å². The van der Waals surface area contributed by atoms with Gasteiger partial charge in [0.15, 0.2) is 12.6 Å². The molecule has 54 heavy (non-hydrogen) atoms. The van der Waals surface area contributed by atoms with Crippen LogP contribution in [-0.4, -0.2) is 113 Å². The first kappa shape index (κ1) is 35.1. The first-order valence-electron chi connectivity index (χ1n) is 18.6. The van der Waals surface area contributed by atoms with Crippen LogP contribution in [0.5, 0.6) is 17.6 Å². The minimum Gasteiger partial charge on any atom is -0.475 e. The van der Waals surface area contributed by atoms with Crippen molar-refractivity contribution in [3.63, 3.8) is 0 Å². The Labute approximate surface area is 310 Å². The number of ether oxygens (including phenoxy) is 5. The maximum atomic E-state index is 17.4. The van der Waals surface area contributed by atoms with Gasteiger partial charge in [-0.05, 0) is 76.6 Å². The Balaban J connectivity index is 1.19. The molecule has 9 rings (SSSR count). The van der Waals surface area contributed by atoms with E-state index in [1.165, 1.54) is 19.2 Å². The normalized spacial score (nSPS) is 26.1. The van der Waals surface area contributed by atoms with Gasteiger partial charge in [0.2, 0.25) is 5.88 Å². The second-order valence-corrected chi connectivity index (χ2v) is 16.1. The monoisotopic (exact) mass is 748 g/mol. The fourth-order valence-electron chi connectivity index (χ4n) is 9.31. The third-order valence-corrected chi connectivity index (χ3v) is 11.5. The molecule has 0 saturated carbocycles. The summed E-state index contributed by atoms with van der Waals surface area (Å²) in [6.45, 7) is 7.17. The van der Waals surface area contributed by atoms with E-state index in [2.05, 4.69) is 14.8 Å². The van der Waals surface area contributed by atoms with Crippen molar-refractivity contribution in [1.82, 2.24) is 24.8 Å². The van der Waals surface area contributed by atoms with Gasteiger partial charge in [-0.3, -0.25) is 9.80 Å². The van der Waals surface area contributed by atoms with Gasteiger partial charge in [-0.1, -0.05) is 12.1 Å². The molecule has 5 atom stereocenters. The number of amides is 1. The van der Waals surface area contributed by atoms with Crippen molar-refractivity contribution in [3.8, 4) is 28.9 Å². The summed E-state index contributed by atoms with van der Waals surface area (Å²) >= 11 is 0. The molecular weight excluding hydrogens is 705 g/mol. The molecule has 7 heterocycles. The largest absolute Gasteiger partial charge is 0.475 e. The Morgan fingerprint density at radius 2 is 1.91 bits per heavy atom. The zero-order valence-electron chi connectivity index (χ0n) is 30.7. The van der Waals surface area contributed by atoms with Crippen LogP contribution in [-0.2, 0) is 9.47 Å². The summed E-state index contributed by atoms with van der Waals surface area (Å²) in [5.74, 6) is -0.626. The summed E-state index contributed by atoms with van der Waals surface area (Å²) in [6, 6.07) is 6.81. The lowest BCUT2D eigenvalue weighted by Crippen LogP contribution is -2.63. The number of aromatic nitrogens is 3. The van der Waals surface area contributed by atoms with Gasteiger partial charge < -0.3 is 28.6 Å². The highest BCUT2D eigenvalue weighted by Crippen LogP contribution is 2.47. The molecule has 0 aliphatic carbocycles. The van der Waals surface area contributed by atoms with Crippen LogP contribution in [0, 0.1) is 11.6 Å². The Bertz CT molecular complexity index is 2150. The number of fused-ring (bicyclic) bond motifs is 7. The quantitative estimate of drug-likeness (QED) is 0.196. The molecule has 4 aromatic rings. The Morgan fingerprint density at radius 1 is 1.06 bits per heavy atom. The number of carbonyl (C=O) groups is 1. The predicted octanol–water partition coefficient (Wildman–Crippen LogP) is 6.41. The average molecular weight is 749 g/mol. The number of rotatable bonds is 7. The number of hydrogen-bond donors (Lipinski definition) is 0. The summed E-state index contributed by atoms with van der Waals surface area (Å²) < 4.78 is 77.2. The summed E-state index contributed by atoms with van der Waals surface area (Å²) in [5, 5.41) is 0.862. The van der Waals surface area contributed by atoms with E-state index in [1.54, 1.807) is 18.2 Å². The molecule has 5 aliphatic rings. The molecule has 2 aromatic carbocycles. The third kappa shape index (κ3) is 5.81. The van der Waals surface area contributed by atoms with E-state index < -0.39 is 41.1 Å². The Hall–Kier alpha value is -4.63. The highest BCUT2D eigenvalue weighted by atomic mass is 19.1. The van der Waals surface area contributed by atoms with E-state index in [9.17, 15) is 9.18 Å². The molecule has 286 valence electrons. The summed E-state index contributed by atoms with van der Waals surface area (Å²) in [4.78, 5) is 33.8. The van der Waals surface area contributed by atoms with Gasteiger partial charge >= 0.3 is 12.1 Å². The van der Waals surface area contributed by atoms with Gasteiger partial charge in [-0.25, -0.2) is 22.9 Å². The minimum absolute atomic E-state index is 0.0705. The zero-order valence-corrected chi connectivity index (χ0v) is 30.7. The number of benzene rings is 2. The molecule has 2 aromatic heterocycles. The molecule has 15 heteroatoms. The van der Waals surface area contributed by atoms with Crippen molar-refractivity contribution < 1.29 is 41.7 Å². The second kappa shape index (κ2) is 13.0. The molecule has 2 bridgehead atoms. The molecule has 4 saturated heterocycles. The van der Waals surface area contributed by atoms with Crippen molar-refractivity contribution >= 4 is 33.6 Å². The molecular formula is C39H43F3N6O6. The summed E-state index contributed by atoms with van der Waals surface area (Å²) in [7, 11) is 1.48. The number of pyridine rings is 1. The first-order valence-corrected chi connectivity index (χ1v) is 18.6. The van der Waals surface area contributed by atoms with E-state index in [1.807, 2.05) is 25.7 Å². The Morgan fingerprint density at radius 3 is 2.72 bits per heavy atom. The van der Waals surface area contributed by atoms with Gasteiger partial charge in [0.05, 0.1) is 23.7 Å². The predicted molar refractivity (Wildman–Crippen MR) is 193 cm³/mol. The number of carbonyl (C=O) groups excluding carboxylic acids is 1. The smallest absolute Gasteiger partial charge is 0.410 e. The van der Waals surface area contributed by atoms with Crippen LogP contribution < -0.4 is 19.1 Å². The van der Waals surface area contributed by atoms with Gasteiger partial charge in [0.1, 0.15) is 59.0 Å². The van der Waals surface area contributed by atoms with Gasteiger partial charge in [0.25, 0.3) is 0 Å². The van der Waals surface area contributed by atoms with Crippen LogP contribution in [0.25, 0.3) is 32.9 Å². The zero-order chi connectivity index (χ0) is 37.5. The lowest BCUT2D eigenvalue weighted by Gasteiger charge is -2.46. The topological polar surface area (TPSA) is 112 Å². The summed E-state index contributed by atoms with van der Waals surface area (Å²) in [6.07, 6.45) is 2.13.